The number of aliphatic hydroxyl groups excluding tert-OH is 1. The number of pyridine rings is 1. The number of hydrogen-bond acceptors (Lipinski definition) is 6. The summed E-state index contributed by atoms with van der Waals surface area (Å²) in [6, 6.07) is 2.52. The zero-order valence-corrected chi connectivity index (χ0v) is 14.5. The molecule has 0 spiro atoms. The molecular weight excluding hydrogens is 339 g/mol. The van der Waals surface area contributed by atoms with E-state index in [4.69, 9.17) is 11.5 Å². The topological polar surface area (TPSA) is 139 Å². The lowest BCUT2D eigenvalue weighted by molar-refractivity contribution is -0.114. The van der Waals surface area contributed by atoms with Crippen molar-refractivity contribution in [2.75, 3.05) is 7.05 Å². The van der Waals surface area contributed by atoms with Crippen molar-refractivity contribution >= 4 is 23.6 Å². The summed E-state index contributed by atoms with van der Waals surface area (Å²) in [5.74, 6) is -1.58. The minimum atomic E-state index is -0.759. The van der Waals surface area contributed by atoms with Crippen molar-refractivity contribution in [3.63, 3.8) is 0 Å². The van der Waals surface area contributed by atoms with Gasteiger partial charge in [-0.3, -0.25) is 4.79 Å². The van der Waals surface area contributed by atoms with Crippen LogP contribution in [0.5, 0.6) is 0 Å². The molecular formula is C17H23FN6O2. The van der Waals surface area contributed by atoms with Gasteiger partial charge in [-0.15, -0.1) is 0 Å². The number of primary amides is 1. The number of rotatable bonds is 6. The molecule has 1 aliphatic rings. The molecule has 1 aliphatic carbocycles. The molecule has 26 heavy (non-hydrogen) atoms. The molecule has 1 aromatic heterocycles. The number of amidine groups is 1. The van der Waals surface area contributed by atoms with Gasteiger partial charge in [0.15, 0.2) is 0 Å². The normalized spacial score (nSPS) is 24.7. The van der Waals surface area contributed by atoms with Crippen molar-refractivity contribution in [1.82, 2.24) is 10.3 Å². The van der Waals surface area contributed by atoms with Crippen molar-refractivity contribution in [2.45, 2.75) is 31.4 Å². The molecule has 0 saturated heterocycles. The Labute approximate surface area is 150 Å². The molecule has 1 fully saturated rings. The standard InChI is InChI=1S/C17H23FN6O2/c1-21-8-10-6-12(25)2-3-14(10)23-9-13(17(20)26)16(19)24-11-4-5-22-15(18)7-11/h4-5,7-10,12,14,23,25H,2-3,6H2,1H3,(H2,20,26)(H2,19,22,24)/b13-9+,21-8?/t10-,12-,14?/m1/s1. The highest BCUT2D eigenvalue weighted by Crippen LogP contribution is 2.24. The lowest BCUT2D eigenvalue weighted by Gasteiger charge is -2.32. The summed E-state index contributed by atoms with van der Waals surface area (Å²) in [4.78, 5) is 23.2. The fourth-order valence-electron chi connectivity index (χ4n) is 2.87. The van der Waals surface area contributed by atoms with E-state index in [0.29, 0.717) is 19.3 Å². The van der Waals surface area contributed by atoms with Crippen LogP contribution < -0.4 is 16.8 Å². The number of aromatic nitrogens is 1. The Bertz CT molecular complexity index is 734. The summed E-state index contributed by atoms with van der Waals surface area (Å²) in [6.07, 6.45) is 5.98. The van der Waals surface area contributed by atoms with Crippen LogP contribution in [0.1, 0.15) is 19.3 Å². The van der Waals surface area contributed by atoms with E-state index in [0.717, 1.165) is 6.07 Å². The summed E-state index contributed by atoms with van der Waals surface area (Å²) < 4.78 is 13.1. The molecule has 3 atom stereocenters. The van der Waals surface area contributed by atoms with Crippen LogP contribution in [0.25, 0.3) is 0 Å². The fourth-order valence-corrected chi connectivity index (χ4v) is 2.87. The first-order chi connectivity index (χ1) is 12.4. The van der Waals surface area contributed by atoms with E-state index >= 15 is 0 Å². The van der Waals surface area contributed by atoms with Crippen LogP contribution >= 0.6 is 0 Å². The first-order valence-electron chi connectivity index (χ1n) is 8.23. The Balaban J connectivity index is 2.19. The van der Waals surface area contributed by atoms with Gasteiger partial charge in [0.05, 0.1) is 17.4 Å². The number of amides is 1. The number of hydrogen-bond donors (Lipinski definition) is 4. The third-order valence-corrected chi connectivity index (χ3v) is 4.16. The van der Waals surface area contributed by atoms with Crippen LogP contribution in [0.3, 0.4) is 0 Å². The minimum Gasteiger partial charge on any atom is -0.393 e. The Morgan fingerprint density at radius 3 is 2.88 bits per heavy atom. The highest BCUT2D eigenvalue weighted by molar-refractivity contribution is 6.20. The molecule has 1 saturated carbocycles. The smallest absolute Gasteiger partial charge is 0.253 e. The molecule has 0 radical (unpaired) electrons. The summed E-state index contributed by atoms with van der Waals surface area (Å²) in [5, 5.41) is 12.9. The van der Waals surface area contributed by atoms with Crippen molar-refractivity contribution in [2.24, 2.45) is 27.4 Å². The van der Waals surface area contributed by atoms with Gasteiger partial charge in [0.2, 0.25) is 5.95 Å². The highest BCUT2D eigenvalue weighted by Gasteiger charge is 2.28. The summed E-state index contributed by atoms with van der Waals surface area (Å²) in [5.41, 5.74) is 11.5. The predicted molar refractivity (Wildman–Crippen MR) is 97.4 cm³/mol. The van der Waals surface area contributed by atoms with E-state index < -0.39 is 11.9 Å². The van der Waals surface area contributed by atoms with Crippen molar-refractivity contribution in [3.8, 4) is 0 Å². The van der Waals surface area contributed by atoms with E-state index in [2.05, 4.69) is 20.3 Å². The average molecular weight is 362 g/mol. The van der Waals surface area contributed by atoms with Crippen LogP contribution in [-0.4, -0.2) is 47.2 Å². The molecule has 8 nitrogen and oxygen atoms in total. The number of carbonyl (C=O) groups is 1. The molecule has 1 amide bonds. The second kappa shape index (κ2) is 9.04. The van der Waals surface area contributed by atoms with Gasteiger partial charge in [0, 0.05) is 43.7 Å². The fraction of sp³-hybridized carbons (Fsp3) is 0.412. The molecule has 1 aromatic rings. The van der Waals surface area contributed by atoms with Crippen LogP contribution in [0.2, 0.25) is 0 Å². The van der Waals surface area contributed by atoms with E-state index in [9.17, 15) is 14.3 Å². The second-order valence-corrected chi connectivity index (χ2v) is 6.07. The zero-order chi connectivity index (χ0) is 19.1. The van der Waals surface area contributed by atoms with E-state index in [-0.39, 0.29) is 35.2 Å². The first-order valence-corrected chi connectivity index (χ1v) is 8.23. The van der Waals surface area contributed by atoms with Crippen molar-refractivity contribution < 1.29 is 14.3 Å². The maximum absolute atomic E-state index is 13.1. The lowest BCUT2D eigenvalue weighted by atomic mass is 9.83. The summed E-state index contributed by atoms with van der Waals surface area (Å²) in [6.45, 7) is 0. The molecule has 1 unspecified atom stereocenters. The van der Waals surface area contributed by atoms with Crippen LogP contribution in [0.4, 0.5) is 10.1 Å². The van der Waals surface area contributed by atoms with Crippen LogP contribution in [-0.2, 0) is 4.79 Å². The van der Waals surface area contributed by atoms with Gasteiger partial charge in [-0.25, -0.2) is 9.98 Å². The number of aliphatic imine (C=N–C) groups is 2. The van der Waals surface area contributed by atoms with Crippen molar-refractivity contribution in [3.05, 3.63) is 36.1 Å². The molecule has 0 bridgehead atoms. The maximum Gasteiger partial charge on any atom is 0.253 e. The third-order valence-electron chi connectivity index (χ3n) is 4.16. The van der Waals surface area contributed by atoms with Gasteiger partial charge in [0.1, 0.15) is 5.84 Å². The van der Waals surface area contributed by atoms with Gasteiger partial charge in [-0.1, -0.05) is 0 Å². The quantitative estimate of drug-likeness (QED) is 0.251. The molecule has 6 N–H and O–H groups in total. The Morgan fingerprint density at radius 1 is 1.46 bits per heavy atom. The molecule has 9 heteroatoms. The van der Waals surface area contributed by atoms with Crippen LogP contribution in [0, 0.1) is 11.9 Å². The molecule has 1 heterocycles. The number of aliphatic hydroxyl groups is 1. The number of halogens is 1. The molecule has 140 valence electrons. The van der Waals surface area contributed by atoms with Gasteiger partial charge in [-0.2, -0.15) is 4.39 Å². The third kappa shape index (κ3) is 5.35. The SMILES string of the molecule is CN=C[C@H]1C[C@H](O)CCC1N/C=C(/C(N)=O)C(N)=Nc1ccnc(F)c1. The second-order valence-electron chi connectivity index (χ2n) is 6.07. The lowest BCUT2D eigenvalue weighted by Crippen LogP contribution is -2.41. The van der Waals surface area contributed by atoms with Gasteiger partial charge >= 0.3 is 0 Å². The maximum atomic E-state index is 13.1. The van der Waals surface area contributed by atoms with Gasteiger partial charge < -0.3 is 26.9 Å². The van der Waals surface area contributed by atoms with E-state index in [1.165, 1.54) is 18.5 Å². The van der Waals surface area contributed by atoms with E-state index in [1.807, 2.05) is 0 Å². The van der Waals surface area contributed by atoms with Gasteiger partial charge in [-0.05, 0) is 25.3 Å². The molecule has 0 aromatic carbocycles. The largest absolute Gasteiger partial charge is 0.393 e. The number of nitrogens with two attached hydrogens (primary N) is 2. The Hall–Kier alpha value is -2.81. The minimum absolute atomic E-state index is 0.0134. The predicted octanol–water partition coefficient (Wildman–Crippen LogP) is 0.398. The first kappa shape index (κ1) is 19.5. The highest BCUT2D eigenvalue weighted by atomic mass is 19.1. The zero-order valence-electron chi connectivity index (χ0n) is 14.5. The van der Waals surface area contributed by atoms with Crippen molar-refractivity contribution in [1.29, 1.82) is 0 Å². The summed E-state index contributed by atoms with van der Waals surface area (Å²) in [7, 11) is 1.67. The van der Waals surface area contributed by atoms with Crippen LogP contribution in [0.15, 0.2) is 40.1 Å². The Kier molecular flexibility index (Phi) is 6.79. The molecule has 0 aliphatic heterocycles. The number of nitrogens with zero attached hydrogens (tertiary/aromatic N) is 3. The average Bonchev–Trinajstić information content (AvgIpc) is 2.56. The van der Waals surface area contributed by atoms with E-state index in [1.54, 1.807) is 13.3 Å². The van der Waals surface area contributed by atoms with Gasteiger partial charge in [0.25, 0.3) is 5.91 Å². The Morgan fingerprint density at radius 2 is 2.23 bits per heavy atom. The number of carbonyl (C=O) groups excluding carboxylic acids is 1. The molecule has 2 rings (SSSR count). The number of nitrogens with one attached hydrogen (secondary N) is 1. The summed E-state index contributed by atoms with van der Waals surface area (Å²) >= 11 is 0. The monoisotopic (exact) mass is 362 g/mol.